The zero-order valence-electron chi connectivity index (χ0n) is 14.7. The van der Waals surface area contributed by atoms with Crippen molar-refractivity contribution >= 4 is 21.0 Å². The lowest BCUT2D eigenvalue weighted by Crippen LogP contribution is -2.32. The minimum absolute atomic E-state index is 0.0441. The van der Waals surface area contributed by atoms with Crippen LogP contribution in [-0.4, -0.2) is 55.3 Å². The molecule has 0 radical (unpaired) electrons. The van der Waals surface area contributed by atoms with Gasteiger partial charge in [0.25, 0.3) is 0 Å². The van der Waals surface area contributed by atoms with Crippen molar-refractivity contribution in [1.29, 1.82) is 0 Å². The predicted octanol–water partition coefficient (Wildman–Crippen LogP) is 2.38. The van der Waals surface area contributed by atoms with Crippen LogP contribution in [0.1, 0.15) is 6.04 Å². The molecule has 1 aliphatic heterocycles. The monoisotopic (exact) mass is 375 g/mol. The summed E-state index contributed by atoms with van der Waals surface area (Å²) >= 11 is 0. The molecule has 0 bridgehead atoms. The largest absolute Gasteiger partial charge is 0.453 e. The maximum Gasteiger partial charge on any atom is 0.214 e. The van der Waals surface area contributed by atoms with E-state index in [-0.39, 0.29) is 17.7 Å². The van der Waals surface area contributed by atoms with E-state index in [1.165, 1.54) is 4.31 Å². The van der Waals surface area contributed by atoms with E-state index in [2.05, 4.69) is 4.98 Å². The third-order valence-electron chi connectivity index (χ3n) is 4.82. The molecule has 1 fully saturated rings. The highest BCUT2D eigenvalue weighted by atomic mass is 32.2. The molecule has 0 unspecified atom stereocenters. The summed E-state index contributed by atoms with van der Waals surface area (Å²) in [6.45, 7) is 0.868. The molecule has 4 rings (SSSR count). The van der Waals surface area contributed by atoms with E-state index in [9.17, 15) is 8.42 Å². The van der Waals surface area contributed by atoms with E-state index >= 15 is 0 Å². The Labute approximate surface area is 152 Å². The van der Waals surface area contributed by atoms with Crippen molar-refractivity contribution in [2.45, 2.75) is 6.04 Å². The standard InChI is InChI=1S/C18H21N3O4S/c1-20(2)26(22,23)12-14-10-24-11-15(14)21-8-7-19-18(21)17-9-13-5-3-4-6-16(13)25-17/h3-9,14-15H,10-12H2,1-2H3/t14-,15-/m1/s1. The van der Waals surface area contributed by atoms with Gasteiger partial charge in [-0.05, 0) is 12.1 Å². The third-order valence-corrected chi connectivity index (χ3v) is 6.78. The molecular formula is C18H21N3O4S. The molecule has 8 heteroatoms. The third kappa shape index (κ3) is 3.04. The summed E-state index contributed by atoms with van der Waals surface area (Å²) < 4.78 is 39.4. The molecule has 0 spiro atoms. The molecule has 1 aliphatic rings. The van der Waals surface area contributed by atoms with E-state index in [0.717, 1.165) is 11.0 Å². The van der Waals surface area contributed by atoms with Crippen LogP contribution in [-0.2, 0) is 14.8 Å². The number of fused-ring (bicyclic) bond motifs is 1. The van der Waals surface area contributed by atoms with Crippen molar-refractivity contribution < 1.29 is 17.6 Å². The van der Waals surface area contributed by atoms with Gasteiger partial charge in [-0.25, -0.2) is 17.7 Å². The fourth-order valence-electron chi connectivity index (χ4n) is 3.34. The summed E-state index contributed by atoms with van der Waals surface area (Å²) in [5.74, 6) is 1.25. The number of furan rings is 1. The van der Waals surface area contributed by atoms with Gasteiger partial charge in [0, 0.05) is 37.8 Å². The van der Waals surface area contributed by atoms with E-state index in [1.54, 1.807) is 20.3 Å². The van der Waals surface area contributed by atoms with Gasteiger partial charge < -0.3 is 13.7 Å². The molecule has 0 saturated carbocycles. The molecule has 2 aromatic heterocycles. The summed E-state index contributed by atoms with van der Waals surface area (Å²) in [6, 6.07) is 9.64. The van der Waals surface area contributed by atoms with Gasteiger partial charge in [0.2, 0.25) is 10.0 Å². The number of imidazole rings is 1. The van der Waals surface area contributed by atoms with Gasteiger partial charge >= 0.3 is 0 Å². The van der Waals surface area contributed by atoms with Crippen LogP contribution in [0, 0.1) is 5.92 Å². The van der Waals surface area contributed by atoms with Crippen LogP contribution in [0.3, 0.4) is 0 Å². The van der Waals surface area contributed by atoms with Crippen LogP contribution in [0.2, 0.25) is 0 Å². The quantitative estimate of drug-likeness (QED) is 0.684. The normalized spacial score (nSPS) is 21.0. The summed E-state index contributed by atoms with van der Waals surface area (Å²) in [6.07, 6.45) is 3.56. The summed E-state index contributed by atoms with van der Waals surface area (Å²) in [7, 11) is -0.202. The van der Waals surface area contributed by atoms with Gasteiger partial charge in [-0.1, -0.05) is 18.2 Å². The number of aromatic nitrogens is 2. The van der Waals surface area contributed by atoms with Crippen molar-refractivity contribution in [3.63, 3.8) is 0 Å². The highest BCUT2D eigenvalue weighted by Crippen LogP contribution is 2.33. The molecule has 138 valence electrons. The van der Waals surface area contributed by atoms with E-state index in [1.807, 2.05) is 41.1 Å². The van der Waals surface area contributed by atoms with Crippen LogP contribution < -0.4 is 0 Å². The van der Waals surface area contributed by atoms with Crippen molar-refractivity contribution in [1.82, 2.24) is 13.9 Å². The molecule has 1 saturated heterocycles. The lowest BCUT2D eigenvalue weighted by atomic mass is 10.1. The van der Waals surface area contributed by atoms with Crippen LogP contribution in [0.15, 0.2) is 47.1 Å². The van der Waals surface area contributed by atoms with Gasteiger partial charge in [-0.2, -0.15) is 0 Å². The number of sulfonamides is 1. The average Bonchev–Trinajstić information content (AvgIpc) is 3.32. The first-order chi connectivity index (χ1) is 12.5. The molecule has 0 aliphatic carbocycles. The Morgan fingerprint density at radius 1 is 1.27 bits per heavy atom. The molecule has 0 N–H and O–H groups in total. The second kappa shape index (κ2) is 6.53. The Kier molecular flexibility index (Phi) is 4.34. The second-order valence-electron chi connectivity index (χ2n) is 6.73. The smallest absolute Gasteiger partial charge is 0.214 e. The first kappa shape index (κ1) is 17.3. The molecule has 1 aromatic carbocycles. The molecule has 3 aromatic rings. The van der Waals surface area contributed by atoms with E-state index in [4.69, 9.17) is 9.15 Å². The SMILES string of the molecule is CN(C)S(=O)(=O)C[C@H]1COC[C@H]1n1ccnc1-c1cc2ccccc2o1. The maximum absolute atomic E-state index is 12.3. The lowest BCUT2D eigenvalue weighted by molar-refractivity contribution is 0.182. The summed E-state index contributed by atoms with van der Waals surface area (Å²) in [5.41, 5.74) is 0.798. The minimum atomic E-state index is -3.31. The number of para-hydroxylation sites is 1. The zero-order chi connectivity index (χ0) is 18.3. The number of hydrogen-bond acceptors (Lipinski definition) is 5. The highest BCUT2D eigenvalue weighted by molar-refractivity contribution is 7.89. The van der Waals surface area contributed by atoms with Crippen LogP contribution in [0.4, 0.5) is 0 Å². The summed E-state index contributed by atoms with van der Waals surface area (Å²) in [5, 5.41) is 1.01. The Morgan fingerprint density at radius 2 is 2.08 bits per heavy atom. The van der Waals surface area contributed by atoms with Gasteiger partial charge in [0.05, 0.1) is 25.0 Å². The van der Waals surface area contributed by atoms with Crippen molar-refractivity contribution in [3.8, 4) is 11.6 Å². The number of nitrogens with zero attached hydrogens (tertiary/aromatic N) is 3. The minimum Gasteiger partial charge on any atom is -0.453 e. The number of ether oxygens (including phenoxy) is 1. The molecule has 7 nitrogen and oxygen atoms in total. The Balaban J connectivity index is 1.67. The van der Waals surface area contributed by atoms with E-state index in [0.29, 0.717) is 24.8 Å². The van der Waals surface area contributed by atoms with E-state index < -0.39 is 10.0 Å². The lowest BCUT2D eigenvalue weighted by Gasteiger charge is -2.22. The molecule has 2 atom stereocenters. The first-order valence-corrected chi connectivity index (χ1v) is 10.1. The zero-order valence-corrected chi connectivity index (χ0v) is 15.5. The molecule has 26 heavy (non-hydrogen) atoms. The van der Waals surface area contributed by atoms with Gasteiger partial charge in [0.1, 0.15) is 5.58 Å². The van der Waals surface area contributed by atoms with Gasteiger partial charge in [0.15, 0.2) is 11.6 Å². The number of rotatable bonds is 5. The second-order valence-corrected chi connectivity index (χ2v) is 8.96. The van der Waals surface area contributed by atoms with Crippen LogP contribution in [0.5, 0.6) is 0 Å². The Bertz CT molecular complexity index is 989. The molecular weight excluding hydrogens is 354 g/mol. The van der Waals surface area contributed by atoms with Crippen molar-refractivity contribution in [2.75, 3.05) is 33.1 Å². The molecule has 3 heterocycles. The van der Waals surface area contributed by atoms with Gasteiger partial charge in [-0.15, -0.1) is 0 Å². The van der Waals surface area contributed by atoms with Crippen LogP contribution in [0.25, 0.3) is 22.6 Å². The van der Waals surface area contributed by atoms with Crippen molar-refractivity contribution in [2.24, 2.45) is 5.92 Å². The van der Waals surface area contributed by atoms with Gasteiger partial charge in [-0.3, -0.25) is 0 Å². The maximum atomic E-state index is 12.3. The van der Waals surface area contributed by atoms with Crippen molar-refractivity contribution in [3.05, 3.63) is 42.7 Å². The topological polar surface area (TPSA) is 77.6 Å². The highest BCUT2D eigenvalue weighted by Gasteiger charge is 2.35. The fraction of sp³-hybridized carbons (Fsp3) is 0.389. The Morgan fingerprint density at radius 3 is 2.85 bits per heavy atom. The fourth-order valence-corrected chi connectivity index (χ4v) is 4.49. The summed E-state index contributed by atoms with van der Waals surface area (Å²) in [4.78, 5) is 4.45. The van der Waals surface area contributed by atoms with Crippen LogP contribution >= 0.6 is 0 Å². The number of benzene rings is 1. The Hall–Kier alpha value is -2.16. The first-order valence-electron chi connectivity index (χ1n) is 8.45. The number of hydrogen-bond donors (Lipinski definition) is 0. The average molecular weight is 375 g/mol. The predicted molar refractivity (Wildman–Crippen MR) is 98.3 cm³/mol. The molecule has 0 amide bonds.